The minimum absolute atomic E-state index is 0.0495. The van der Waals surface area contributed by atoms with E-state index in [4.69, 9.17) is 14.2 Å². The molecule has 0 fully saturated rings. The van der Waals surface area contributed by atoms with Crippen LogP contribution in [0.15, 0.2) is 57.0 Å². The van der Waals surface area contributed by atoms with E-state index >= 15 is 0 Å². The quantitative estimate of drug-likeness (QED) is 0.443. The van der Waals surface area contributed by atoms with Crippen molar-refractivity contribution in [3.8, 4) is 11.5 Å². The Morgan fingerprint density at radius 2 is 1.70 bits per heavy atom. The lowest BCUT2D eigenvalue weighted by Gasteiger charge is -2.22. The molecule has 10 nitrogen and oxygen atoms in total. The van der Waals surface area contributed by atoms with E-state index in [9.17, 15) is 14.4 Å². The van der Waals surface area contributed by atoms with Gasteiger partial charge in [0.1, 0.15) is 0 Å². The van der Waals surface area contributed by atoms with E-state index in [2.05, 4.69) is 9.98 Å². The minimum Gasteiger partial charge on any atom is -0.493 e. The van der Waals surface area contributed by atoms with Gasteiger partial charge in [0.05, 0.1) is 38.0 Å². The van der Waals surface area contributed by atoms with Crippen molar-refractivity contribution >= 4 is 11.7 Å². The normalized spacial score (nSPS) is 12.1. The van der Waals surface area contributed by atoms with Gasteiger partial charge in [-0.3, -0.25) is 14.3 Å². The minimum atomic E-state index is -1.11. The summed E-state index contributed by atoms with van der Waals surface area (Å²) in [4.78, 5) is 46.1. The molecule has 0 radical (unpaired) electrons. The van der Waals surface area contributed by atoms with Crippen LogP contribution in [-0.4, -0.2) is 40.4 Å². The number of rotatable bonds is 9. The zero-order valence-electron chi connectivity index (χ0n) is 22.3. The van der Waals surface area contributed by atoms with Gasteiger partial charge >= 0.3 is 17.3 Å². The highest BCUT2D eigenvalue weighted by atomic mass is 16.5. The van der Waals surface area contributed by atoms with Gasteiger partial charge in [0.15, 0.2) is 11.5 Å². The lowest BCUT2D eigenvalue weighted by Crippen LogP contribution is -2.52. The van der Waals surface area contributed by atoms with Gasteiger partial charge in [-0.25, -0.2) is 19.1 Å². The lowest BCUT2D eigenvalue weighted by molar-refractivity contribution is -0.151. The van der Waals surface area contributed by atoms with Gasteiger partial charge < -0.3 is 14.2 Å². The monoisotopic (exact) mass is 510 g/mol. The molecular weight excluding hydrogens is 476 g/mol. The Morgan fingerprint density at radius 1 is 1.03 bits per heavy atom. The number of aryl methyl sites for hydroxylation is 1. The summed E-state index contributed by atoms with van der Waals surface area (Å²) >= 11 is 0. The molecule has 198 valence electrons. The fraction of sp³-hybridized carbons (Fsp3) is 0.407. The Bertz CT molecular complexity index is 1450. The molecule has 0 aliphatic carbocycles. The van der Waals surface area contributed by atoms with Crippen molar-refractivity contribution in [3.63, 3.8) is 0 Å². The summed E-state index contributed by atoms with van der Waals surface area (Å²) in [5, 5.41) is 0. The Hall–Kier alpha value is -4.08. The van der Waals surface area contributed by atoms with Crippen LogP contribution in [-0.2, 0) is 22.6 Å². The first-order valence-corrected chi connectivity index (χ1v) is 11.9. The van der Waals surface area contributed by atoms with E-state index in [1.807, 2.05) is 45.0 Å². The molecule has 0 spiro atoms. The summed E-state index contributed by atoms with van der Waals surface area (Å²) in [6, 6.07) is 12.8. The van der Waals surface area contributed by atoms with Crippen molar-refractivity contribution in [2.24, 2.45) is 10.4 Å². The predicted molar refractivity (Wildman–Crippen MR) is 139 cm³/mol. The van der Waals surface area contributed by atoms with Gasteiger partial charge in [0.25, 0.3) is 0 Å². The molecule has 0 amide bonds. The number of H-pyrrole nitrogens is 1. The van der Waals surface area contributed by atoms with Gasteiger partial charge in [-0.1, -0.05) is 29.8 Å². The summed E-state index contributed by atoms with van der Waals surface area (Å²) in [6.07, 6.45) is -0.0495. The SMILES string of the molecule is COC(=O)C(C)(C)Cn1c(=O)[nH]/c(=N\c2ccc(OC(C)C)c(OC)c2)n(Cc2ccc(C)cc2)c1=O. The highest BCUT2D eigenvalue weighted by molar-refractivity contribution is 5.75. The van der Waals surface area contributed by atoms with E-state index in [1.54, 1.807) is 32.0 Å². The molecule has 1 N–H and O–H groups in total. The number of carbonyl (C=O) groups is 1. The molecule has 2 aromatic carbocycles. The summed E-state index contributed by atoms with van der Waals surface area (Å²) in [5.74, 6) is 0.488. The fourth-order valence-electron chi connectivity index (χ4n) is 3.74. The van der Waals surface area contributed by atoms with Gasteiger partial charge in [0.2, 0.25) is 5.62 Å². The van der Waals surface area contributed by atoms with Crippen molar-refractivity contribution in [1.29, 1.82) is 0 Å². The summed E-state index contributed by atoms with van der Waals surface area (Å²) < 4.78 is 18.4. The van der Waals surface area contributed by atoms with Crippen molar-refractivity contribution in [2.75, 3.05) is 14.2 Å². The Kier molecular flexibility index (Phi) is 8.42. The molecule has 3 aromatic rings. The molecule has 1 aromatic heterocycles. The van der Waals surface area contributed by atoms with Crippen LogP contribution < -0.4 is 26.5 Å². The van der Waals surface area contributed by atoms with Crippen molar-refractivity contribution in [1.82, 2.24) is 14.1 Å². The Labute approximate surface area is 215 Å². The number of aromatic nitrogens is 3. The van der Waals surface area contributed by atoms with Gasteiger partial charge in [-0.15, -0.1) is 0 Å². The number of hydrogen-bond donors (Lipinski definition) is 1. The molecule has 37 heavy (non-hydrogen) atoms. The third-order valence-corrected chi connectivity index (χ3v) is 5.68. The molecule has 0 saturated heterocycles. The molecule has 1 heterocycles. The second-order valence-electron chi connectivity index (χ2n) is 9.68. The van der Waals surface area contributed by atoms with Crippen LogP contribution in [0.2, 0.25) is 0 Å². The summed E-state index contributed by atoms with van der Waals surface area (Å²) in [5.41, 5.74) is 0.0299. The topological polar surface area (TPSA) is 117 Å². The maximum Gasteiger partial charge on any atom is 0.335 e. The van der Waals surface area contributed by atoms with Crippen LogP contribution >= 0.6 is 0 Å². The number of hydrogen-bond acceptors (Lipinski definition) is 7. The highest BCUT2D eigenvalue weighted by Gasteiger charge is 2.31. The molecule has 3 rings (SSSR count). The number of methoxy groups -OCH3 is 2. The van der Waals surface area contributed by atoms with Crippen LogP contribution in [0.4, 0.5) is 5.69 Å². The third kappa shape index (κ3) is 6.58. The average molecular weight is 511 g/mol. The van der Waals surface area contributed by atoms with E-state index in [1.165, 1.54) is 18.8 Å². The zero-order chi connectivity index (χ0) is 27.3. The summed E-state index contributed by atoms with van der Waals surface area (Å²) in [6.45, 7) is 9.00. The maximum absolute atomic E-state index is 13.6. The number of carbonyl (C=O) groups excluding carboxylic acids is 1. The Balaban J connectivity index is 2.20. The number of nitrogens with one attached hydrogen (secondary N) is 1. The van der Waals surface area contributed by atoms with E-state index < -0.39 is 22.8 Å². The predicted octanol–water partition coefficient (Wildman–Crippen LogP) is 2.92. The van der Waals surface area contributed by atoms with Gasteiger partial charge in [0, 0.05) is 12.6 Å². The fourth-order valence-corrected chi connectivity index (χ4v) is 3.74. The Morgan fingerprint density at radius 3 is 2.30 bits per heavy atom. The van der Waals surface area contributed by atoms with E-state index in [0.29, 0.717) is 17.2 Å². The zero-order valence-corrected chi connectivity index (χ0v) is 22.3. The number of nitrogens with zero attached hydrogens (tertiary/aromatic N) is 3. The molecule has 0 unspecified atom stereocenters. The second kappa shape index (κ2) is 11.3. The number of benzene rings is 2. The molecule has 0 bridgehead atoms. The molecule has 0 aliphatic heterocycles. The van der Waals surface area contributed by atoms with Crippen molar-refractivity contribution < 1.29 is 19.0 Å². The van der Waals surface area contributed by atoms with E-state index in [-0.39, 0.29) is 24.8 Å². The largest absolute Gasteiger partial charge is 0.493 e. The average Bonchev–Trinajstić information content (AvgIpc) is 2.85. The standard InChI is InChI=1S/C27H34N4O6/c1-17(2)37-21-13-12-20(14-22(21)35-6)28-24-29-25(33)31(16-27(4,5)23(32)36-7)26(34)30(24)15-19-10-8-18(3)9-11-19/h8-14,17H,15-16H2,1-7H3,(H,28,29,33). The maximum atomic E-state index is 13.6. The van der Waals surface area contributed by atoms with Crippen LogP contribution in [0.1, 0.15) is 38.8 Å². The summed E-state index contributed by atoms with van der Waals surface area (Å²) in [7, 11) is 2.79. The number of ether oxygens (including phenoxy) is 3. The van der Waals surface area contributed by atoms with Crippen LogP contribution in [0.5, 0.6) is 11.5 Å². The molecule has 0 aliphatic rings. The second-order valence-corrected chi connectivity index (χ2v) is 9.68. The van der Waals surface area contributed by atoms with Gasteiger partial charge in [-0.2, -0.15) is 0 Å². The third-order valence-electron chi connectivity index (χ3n) is 5.68. The van der Waals surface area contributed by atoms with Crippen molar-refractivity contribution in [2.45, 2.75) is 53.8 Å². The van der Waals surface area contributed by atoms with Crippen LogP contribution in [0.3, 0.4) is 0 Å². The van der Waals surface area contributed by atoms with E-state index in [0.717, 1.165) is 15.7 Å². The number of aromatic amines is 1. The first-order valence-electron chi connectivity index (χ1n) is 11.9. The van der Waals surface area contributed by atoms with Crippen LogP contribution in [0.25, 0.3) is 0 Å². The first-order chi connectivity index (χ1) is 17.4. The molecule has 0 atom stereocenters. The van der Waals surface area contributed by atoms with Crippen molar-refractivity contribution in [3.05, 3.63) is 80.2 Å². The molecule has 0 saturated carbocycles. The molecular formula is C27H34N4O6. The highest BCUT2D eigenvalue weighted by Crippen LogP contribution is 2.31. The lowest BCUT2D eigenvalue weighted by atomic mass is 9.94. The van der Waals surface area contributed by atoms with Gasteiger partial charge in [-0.05, 0) is 52.3 Å². The molecule has 10 heteroatoms. The number of esters is 1. The van der Waals surface area contributed by atoms with Crippen LogP contribution in [0, 0.1) is 12.3 Å². The first kappa shape index (κ1) is 27.5. The smallest absolute Gasteiger partial charge is 0.335 e.